The molecule has 0 saturated heterocycles. The first kappa shape index (κ1) is 10.2. The molecule has 2 nitrogen and oxygen atoms in total. The molecule has 1 N–H and O–H groups in total. The molecule has 0 aliphatic rings. The SMILES string of the molecule is Cc1ccc(C=C(I)C(=O)O)cc1. The molecule has 0 bridgehead atoms. The number of aryl methyl sites for hydroxylation is 1. The van der Waals surface area contributed by atoms with Crippen molar-refractivity contribution in [2.75, 3.05) is 0 Å². The first-order chi connectivity index (χ1) is 6.09. The summed E-state index contributed by atoms with van der Waals surface area (Å²) in [5.74, 6) is -0.888. The van der Waals surface area contributed by atoms with Crippen LogP contribution >= 0.6 is 22.6 Å². The van der Waals surface area contributed by atoms with Crippen LogP contribution in [0.2, 0.25) is 0 Å². The van der Waals surface area contributed by atoms with Gasteiger partial charge in [0.05, 0.1) is 3.58 Å². The summed E-state index contributed by atoms with van der Waals surface area (Å²) < 4.78 is 0.321. The van der Waals surface area contributed by atoms with Gasteiger partial charge < -0.3 is 5.11 Å². The lowest BCUT2D eigenvalue weighted by Crippen LogP contribution is -1.92. The van der Waals surface area contributed by atoms with Crippen LogP contribution in [0.25, 0.3) is 6.08 Å². The van der Waals surface area contributed by atoms with Crippen molar-refractivity contribution >= 4 is 34.6 Å². The minimum atomic E-state index is -0.888. The fourth-order valence-corrected chi connectivity index (χ4v) is 1.23. The summed E-state index contributed by atoms with van der Waals surface area (Å²) in [6.07, 6.45) is 1.64. The lowest BCUT2D eigenvalue weighted by Gasteiger charge is -1.95. The maximum absolute atomic E-state index is 10.5. The molecule has 0 amide bonds. The molecule has 68 valence electrons. The lowest BCUT2D eigenvalue weighted by atomic mass is 10.1. The Kier molecular flexibility index (Phi) is 3.48. The molecule has 0 saturated carbocycles. The molecule has 0 atom stereocenters. The van der Waals surface area contributed by atoms with Gasteiger partial charge in [0.1, 0.15) is 0 Å². The Labute approximate surface area is 90.4 Å². The van der Waals surface area contributed by atoms with Gasteiger partial charge in [-0.2, -0.15) is 0 Å². The van der Waals surface area contributed by atoms with Crippen LogP contribution in [0.3, 0.4) is 0 Å². The van der Waals surface area contributed by atoms with E-state index in [9.17, 15) is 4.79 Å². The second kappa shape index (κ2) is 4.41. The van der Waals surface area contributed by atoms with E-state index in [0.717, 1.165) is 5.56 Å². The molecule has 0 fully saturated rings. The number of rotatable bonds is 2. The normalized spacial score (nSPS) is 11.4. The van der Waals surface area contributed by atoms with Crippen molar-refractivity contribution in [2.24, 2.45) is 0 Å². The maximum atomic E-state index is 10.5. The minimum absolute atomic E-state index is 0.321. The highest BCUT2D eigenvalue weighted by atomic mass is 127. The predicted octanol–water partition coefficient (Wildman–Crippen LogP) is 2.86. The summed E-state index contributed by atoms with van der Waals surface area (Å²) in [4.78, 5) is 10.5. The van der Waals surface area contributed by atoms with Crippen molar-refractivity contribution in [1.29, 1.82) is 0 Å². The maximum Gasteiger partial charge on any atom is 0.341 e. The van der Waals surface area contributed by atoms with Crippen molar-refractivity contribution in [3.8, 4) is 0 Å². The number of carboxylic acids is 1. The van der Waals surface area contributed by atoms with E-state index in [1.807, 2.05) is 31.2 Å². The van der Waals surface area contributed by atoms with Crippen LogP contribution in [0, 0.1) is 6.92 Å². The average molecular weight is 288 g/mol. The standard InChI is InChI=1S/C10H9IO2/c1-7-2-4-8(5-3-7)6-9(11)10(12)13/h2-6H,1H3,(H,12,13). The predicted molar refractivity (Wildman–Crippen MR) is 60.8 cm³/mol. The van der Waals surface area contributed by atoms with Gasteiger partial charge in [0.25, 0.3) is 0 Å². The molecule has 0 aliphatic carbocycles. The highest BCUT2D eigenvalue weighted by Crippen LogP contribution is 2.13. The van der Waals surface area contributed by atoms with Gasteiger partial charge in [-0.25, -0.2) is 4.79 Å². The van der Waals surface area contributed by atoms with Crippen molar-refractivity contribution < 1.29 is 9.90 Å². The van der Waals surface area contributed by atoms with E-state index < -0.39 is 5.97 Å². The van der Waals surface area contributed by atoms with Gasteiger partial charge in [0.2, 0.25) is 0 Å². The zero-order valence-electron chi connectivity index (χ0n) is 7.12. The van der Waals surface area contributed by atoms with Crippen molar-refractivity contribution in [1.82, 2.24) is 0 Å². The topological polar surface area (TPSA) is 37.3 Å². The molecule has 1 aromatic rings. The van der Waals surface area contributed by atoms with Crippen LogP contribution < -0.4 is 0 Å². The van der Waals surface area contributed by atoms with Crippen molar-refractivity contribution in [2.45, 2.75) is 6.92 Å². The van der Waals surface area contributed by atoms with Gasteiger partial charge in [-0.05, 0) is 41.2 Å². The number of aliphatic carboxylic acids is 1. The number of benzene rings is 1. The van der Waals surface area contributed by atoms with E-state index in [4.69, 9.17) is 5.11 Å². The zero-order valence-corrected chi connectivity index (χ0v) is 9.28. The highest BCUT2D eigenvalue weighted by Gasteiger charge is 2.00. The Hall–Kier alpha value is -0.840. The second-order valence-electron chi connectivity index (χ2n) is 2.71. The van der Waals surface area contributed by atoms with Gasteiger partial charge in [0, 0.05) is 0 Å². The Bertz CT molecular complexity index is 338. The van der Waals surface area contributed by atoms with Gasteiger partial charge in [-0.15, -0.1) is 0 Å². The third-order valence-electron chi connectivity index (χ3n) is 1.58. The monoisotopic (exact) mass is 288 g/mol. The van der Waals surface area contributed by atoms with E-state index in [2.05, 4.69) is 0 Å². The third-order valence-corrected chi connectivity index (χ3v) is 2.35. The minimum Gasteiger partial charge on any atom is -0.477 e. The van der Waals surface area contributed by atoms with E-state index in [1.54, 1.807) is 28.7 Å². The third kappa shape index (κ3) is 3.18. The number of halogens is 1. The summed E-state index contributed by atoms with van der Waals surface area (Å²) >= 11 is 1.81. The van der Waals surface area contributed by atoms with Crippen LogP contribution in [0.5, 0.6) is 0 Å². The van der Waals surface area contributed by atoms with Crippen LogP contribution in [-0.4, -0.2) is 11.1 Å². The molecule has 13 heavy (non-hydrogen) atoms. The molecule has 0 aromatic heterocycles. The van der Waals surface area contributed by atoms with Crippen LogP contribution in [0.15, 0.2) is 27.8 Å². The first-order valence-corrected chi connectivity index (χ1v) is 4.84. The number of carboxylic acid groups (broad SMARTS) is 1. The summed E-state index contributed by atoms with van der Waals surface area (Å²) in [6.45, 7) is 2.00. The van der Waals surface area contributed by atoms with Crippen LogP contribution in [-0.2, 0) is 4.79 Å². The van der Waals surface area contributed by atoms with Crippen LogP contribution in [0.4, 0.5) is 0 Å². The fraction of sp³-hybridized carbons (Fsp3) is 0.100. The summed E-state index contributed by atoms with van der Waals surface area (Å²) in [5, 5.41) is 8.62. The van der Waals surface area contributed by atoms with E-state index in [1.165, 1.54) is 5.56 Å². The van der Waals surface area contributed by atoms with Gasteiger partial charge in [0.15, 0.2) is 0 Å². The average Bonchev–Trinajstić information content (AvgIpc) is 2.08. The number of hydrogen-bond acceptors (Lipinski definition) is 1. The Morgan fingerprint density at radius 2 is 1.92 bits per heavy atom. The molecule has 0 heterocycles. The molecule has 0 radical (unpaired) electrons. The summed E-state index contributed by atoms with van der Waals surface area (Å²) in [7, 11) is 0. The molecular formula is C10H9IO2. The first-order valence-electron chi connectivity index (χ1n) is 3.77. The molecule has 0 spiro atoms. The largest absolute Gasteiger partial charge is 0.477 e. The van der Waals surface area contributed by atoms with E-state index >= 15 is 0 Å². The van der Waals surface area contributed by atoms with Gasteiger partial charge >= 0.3 is 5.97 Å². The van der Waals surface area contributed by atoms with Gasteiger partial charge in [-0.1, -0.05) is 29.8 Å². The molecular weight excluding hydrogens is 279 g/mol. The fourth-order valence-electron chi connectivity index (χ4n) is 0.871. The van der Waals surface area contributed by atoms with Crippen molar-refractivity contribution in [3.05, 3.63) is 39.0 Å². The van der Waals surface area contributed by atoms with Crippen LogP contribution in [0.1, 0.15) is 11.1 Å². The number of hydrogen-bond donors (Lipinski definition) is 1. The van der Waals surface area contributed by atoms with Gasteiger partial charge in [-0.3, -0.25) is 0 Å². The zero-order chi connectivity index (χ0) is 9.84. The Balaban J connectivity index is 2.92. The molecule has 1 aromatic carbocycles. The molecule has 0 aliphatic heterocycles. The lowest BCUT2D eigenvalue weighted by molar-refractivity contribution is -0.131. The number of carbonyl (C=O) groups is 1. The molecule has 3 heteroatoms. The van der Waals surface area contributed by atoms with E-state index in [-0.39, 0.29) is 0 Å². The smallest absolute Gasteiger partial charge is 0.341 e. The second-order valence-corrected chi connectivity index (χ2v) is 3.87. The van der Waals surface area contributed by atoms with E-state index in [0.29, 0.717) is 3.58 Å². The quantitative estimate of drug-likeness (QED) is 0.671. The molecule has 1 rings (SSSR count). The summed E-state index contributed by atoms with van der Waals surface area (Å²) in [6, 6.07) is 7.71. The summed E-state index contributed by atoms with van der Waals surface area (Å²) in [5.41, 5.74) is 2.08. The Morgan fingerprint density at radius 3 is 2.38 bits per heavy atom. The Morgan fingerprint density at radius 1 is 1.38 bits per heavy atom. The van der Waals surface area contributed by atoms with Crippen molar-refractivity contribution in [3.63, 3.8) is 0 Å². The molecule has 0 unspecified atom stereocenters. The highest BCUT2D eigenvalue weighted by molar-refractivity contribution is 14.1.